The quantitative estimate of drug-likeness (QED) is 0.105. The number of carbonyl (C=O) groups is 4. The number of H-pyrrole nitrogens is 2. The minimum absolute atomic E-state index is 0.00564. The van der Waals surface area contributed by atoms with E-state index in [0.29, 0.717) is 24.9 Å². The second kappa shape index (κ2) is 18.0. The zero-order valence-corrected chi connectivity index (χ0v) is 36.3. The van der Waals surface area contributed by atoms with Crippen LogP contribution in [0.2, 0.25) is 0 Å². The van der Waals surface area contributed by atoms with Crippen LogP contribution >= 0.6 is 0 Å². The van der Waals surface area contributed by atoms with Crippen LogP contribution in [0.3, 0.4) is 0 Å². The number of likely N-dealkylation sites (tertiary alicyclic amines) is 2. The average Bonchev–Trinajstić information content (AvgIpc) is 4.07. The van der Waals surface area contributed by atoms with Crippen molar-refractivity contribution >= 4 is 45.8 Å². The van der Waals surface area contributed by atoms with Crippen LogP contribution in [0.25, 0.3) is 44.3 Å². The van der Waals surface area contributed by atoms with Crippen molar-refractivity contribution in [2.75, 3.05) is 27.3 Å². The summed E-state index contributed by atoms with van der Waals surface area (Å²) in [5.41, 5.74) is 7.73. The minimum Gasteiger partial charge on any atom is -0.469 e. The lowest BCUT2D eigenvalue weighted by atomic mass is 9.90. The van der Waals surface area contributed by atoms with Crippen molar-refractivity contribution in [3.8, 4) is 22.3 Å². The van der Waals surface area contributed by atoms with Gasteiger partial charge < -0.3 is 29.2 Å². The van der Waals surface area contributed by atoms with Gasteiger partial charge in [-0.1, -0.05) is 90.8 Å². The number of imidazole rings is 2. The first kappa shape index (κ1) is 42.6. The molecule has 0 bridgehead atoms. The van der Waals surface area contributed by atoms with Gasteiger partial charge in [-0.2, -0.15) is 0 Å². The maximum Gasteiger partial charge on any atom is 0.306 e. The number of methoxy groups -OCH3 is 2. The summed E-state index contributed by atoms with van der Waals surface area (Å²) in [5.74, 6) is 0.563. The number of hydrogen-bond donors (Lipinski definition) is 2. The van der Waals surface area contributed by atoms with E-state index >= 15 is 0 Å². The van der Waals surface area contributed by atoms with E-state index in [1.807, 2.05) is 49.6 Å². The predicted octanol–water partition coefficient (Wildman–Crippen LogP) is 9.04. The first-order valence-corrected chi connectivity index (χ1v) is 21.7. The van der Waals surface area contributed by atoms with Gasteiger partial charge in [-0.05, 0) is 83.0 Å². The first-order valence-electron chi connectivity index (χ1n) is 21.7. The van der Waals surface area contributed by atoms with Gasteiger partial charge in [-0.25, -0.2) is 9.97 Å². The smallest absolute Gasteiger partial charge is 0.306 e. The summed E-state index contributed by atoms with van der Waals surface area (Å²) in [6, 6.07) is 20.6. The van der Waals surface area contributed by atoms with Crippen molar-refractivity contribution in [2.24, 2.45) is 35.5 Å². The van der Waals surface area contributed by atoms with Gasteiger partial charge in [0, 0.05) is 13.1 Å². The van der Waals surface area contributed by atoms with E-state index in [-0.39, 0.29) is 60.5 Å². The fourth-order valence-corrected chi connectivity index (χ4v) is 9.20. The second-order valence-corrected chi connectivity index (χ2v) is 17.6. The molecule has 60 heavy (non-hydrogen) atoms. The van der Waals surface area contributed by atoms with E-state index in [2.05, 4.69) is 72.3 Å². The molecule has 2 amide bonds. The van der Waals surface area contributed by atoms with Crippen molar-refractivity contribution in [1.82, 2.24) is 29.7 Å². The number of fused-ring (bicyclic) bond motifs is 2. The van der Waals surface area contributed by atoms with E-state index in [1.165, 1.54) is 14.2 Å². The lowest BCUT2D eigenvalue weighted by Crippen LogP contribution is -2.39. The molecule has 4 heterocycles. The number of nitrogens with one attached hydrogen (secondary N) is 2. The fourth-order valence-electron chi connectivity index (χ4n) is 9.20. The van der Waals surface area contributed by atoms with Gasteiger partial charge in [0.15, 0.2) is 0 Å². The normalized spacial score (nSPS) is 20.4. The number of rotatable bonds is 14. The van der Waals surface area contributed by atoms with Gasteiger partial charge in [-0.3, -0.25) is 19.2 Å². The van der Waals surface area contributed by atoms with E-state index in [4.69, 9.17) is 19.4 Å². The molecule has 2 N–H and O–H groups in total. The van der Waals surface area contributed by atoms with E-state index < -0.39 is 11.8 Å². The zero-order chi connectivity index (χ0) is 42.8. The highest BCUT2D eigenvalue weighted by atomic mass is 16.5. The van der Waals surface area contributed by atoms with Crippen molar-refractivity contribution in [3.63, 3.8) is 0 Å². The first-order chi connectivity index (χ1) is 28.8. The molecule has 3 aromatic carbocycles. The largest absolute Gasteiger partial charge is 0.469 e. The van der Waals surface area contributed by atoms with Crippen molar-refractivity contribution in [1.29, 1.82) is 0 Å². The highest BCUT2D eigenvalue weighted by molar-refractivity contribution is 5.87. The number of amides is 2. The lowest BCUT2D eigenvalue weighted by Gasteiger charge is -2.29. The Bertz CT molecular complexity index is 2180. The number of nitrogens with zero attached hydrogens (tertiary/aromatic N) is 4. The summed E-state index contributed by atoms with van der Waals surface area (Å²) in [5, 5.41) is 0. The van der Waals surface area contributed by atoms with E-state index in [0.717, 1.165) is 81.7 Å². The Labute approximate surface area is 352 Å². The molecule has 0 spiro atoms. The molecule has 12 nitrogen and oxygen atoms in total. The molecule has 0 aliphatic carbocycles. The molecule has 0 radical (unpaired) electrons. The highest BCUT2D eigenvalue weighted by Crippen LogP contribution is 2.41. The van der Waals surface area contributed by atoms with Crippen LogP contribution in [-0.4, -0.2) is 80.8 Å². The molecule has 2 fully saturated rings. The molecule has 2 aliphatic heterocycles. The van der Waals surface area contributed by atoms with Gasteiger partial charge >= 0.3 is 11.9 Å². The Morgan fingerprint density at radius 2 is 0.983 bits per heavy atom. The molecule has 2 aliphatic rings. The summed E-state index contributed by atoms with van der Waals surface area (Å²) in [7, 11) is 2.73. The molecule has 7 rings (SSSR count). The van der Waals surface area contributed by atoms with E-state index in [1.54, 1.807) is 0 Å². The Hall–Kier alpha value is -5.52. The van der Waals surface area contributed by atoms with Crippen molar-refractivity contribution < 1.29 is 28.7 Å². The Morgan fingerprint density at radius 3 is 1.32 bits per heavy atom. The van der Waals surface area contributed by atoms with Gasteiger partial charge in [0.25, 0.3) is 0 Å². The molecule has 2 aromatic heterocycles. The van der Waals surface area contributed by atoms with Gasteiger partial charge in [-0.15, -0.1) is 0 Å². The monoisotopic (exact) mass is 816 g/mol. The number of aromatic amines is 2. The van der Waals surface area contributed by atoms with Gasteiger partial charge in [0.2, 0.25) is 11.8 Å². The average molecular weight is 817 g/mol. The molecule has 6 atom stereocenters. The lowest BCUT2D eigenvalue weighted by molar-refractivity contribution is -0.148. The van der Waals surface area contributed by atoms with Crippen molar-refractivity contribution in [3.05, 3.63) is 72.3 Å². The molecule has 2 saturated heterocycles. The third kappa shape index (κ3) is 8.69. The molecule has 318 valence electrons. The van der Waals surface area contributed by atoms with Gasteiger partial charge in [0.05, 0.1) is 73.0 Å². The second-order valence-electron chi connectivity index (χ2n) is 17.6. The molecule has 5 aromatic rings. The molecule has 0 unspecified atom stereocenters. The molecule has 12 heteroatoms. The van der Waals surface area contributed by atoms with Crippen LogP contribution in [0.15, 0.2) is 60.7 Å². The number of carbonyl (C=O) groups excluding carboxylic acids is 4. The zero-order valence-electron chi connectivity index (χ0n) is 36.3. The Morgan fingerprint density at radius 1 is 0.617 bits per heavy atom. The third-order valence-corrected chi connectivity index (χ3v) is 13.2. The minimum atomic E-state index is -0.453. The number of esters is 2. The summed E-state index contributed by atoms with van der Waals surface area (Å²) in [6.07, 6.45) is 3.69. The van der Waals surface area contributed by atoms with Crippen LogP contribution in [0.5, 0.6) is 0 Å². The van der Waals surface area contributed by atoms with Crippen LogP contribution in [-0.2, 0) is 28.7 Å². The number of benzene rings is 3. The summed E-state index contributed by atoms with van der Waals surface area (Å²) < 4.78 is 9.86. The molecule has 0 saturated carbocycles. The van der Waals surface area contributed by atoms with Crippen LogP contribution < -0.4 is 0 Å². The predicted molar refractivity (Wildman–Crippen MR) is 232 cm³/mol. The van der Waals surface area contributed by atoms with Crippen LogP contribution in [0.4, 0.5) is 0 Å². The number of hydrogen-bond acceptors (Lipinski definition) is 8. The van der Waals surface area contributed by atoms with Crippen molar-refractivity contribution in [2.45, 2.75) is 92.2 Å². The maximum absolute atomic E-state index is 14.0. The number of ether oxygens (including phenoxy) is 2. The molecular formula is C48H60N6O6. The van der Waals surface area contributed by atoms with Crippen LogP contribution in [0, 0.1) is 35.5 Å². The highest BCUT2D eigenvalue weighted by Gasteiger charge is 2.42. The molecular weight excluding hydrogens is 757 g/mol. The van der Waals surface area contributed by atoms with Crippen LogP contribution in [0.1, 0.15) is 104 Å². The SMILES string of the molecule is CC[C@H]1C[C@@H](c2nc3ccc(-c4ccc(-c5ccc6nc([C@@H]7C[C@H](CC)CN7C(=O)[C@@H](CC(=O)OC)C(C)C)[nH]c6c5)cc4)cc3[nH]2)N(C(=O)[C@@H](CC(=O)OC)C(C)C)C1. The Kier molecular flexibility index (Phi) is 12.8. The number of aromatic nitrogens is 4. The Balaban J connectivity index is 1.09. The van der Waals surface area contributed by atoms with E-state index in [9.17, 15) is 19.2 Å². The summed E-state index contributed by atoms with van der Waals surface area (Å²) in [6.45, 7) is 13.5. The van der Waals surface area contributed by atoms with Gasteiger partial charge in [0.1, 0.15) is 11.6 Å². The third-order valence-electron chi connectivity index (χ3n) is 13.2. The summed E-state index contributed by atoms with van der Waals surface area (Å²) in [4.78, 5) is 73.3. The maximum atomic E-state index is 14.0. The topological polar surface area (TPSA) is 151 Å². The summed E-state index contributed by atoms with van der Waals surface area (Å²) >= 11 is 0. The standard InChI is InChI=1S/C48H60N6O6/c1-9-29-19-41(53(25-29)47(57)35(27(3)4)23-43(55)59-7)45-49-37-17-15-33(21-39(37)51-45)31-11-13-32(14-12-31)34-16-18-38-40(22-34)52-46(50-38)42-20-30(10-2)26-54(42)48(58)36(28(5)6)24-44(56)60-8/h11-18,21-22,27-30,35-36,41-42H,9-10,19-20,23-26H2,1-8H3,(H,49,51)(H,50,52)/t29-,30-,35-,36-,41-,42-/m0/s1. The fraction of sp³-hybridized carbons (Fsp3) is 0.500.